The monoisotopic (exact) mass is 253 g/mol. The Morgan fingerprint density at radius 2 is 2.33 bits per heavy atom. The first kappa shape index (κ1) is 13.1. The quantitative estimate of drug-likeness (QED) is 0.775. The fraction of sp³-hybridized carbons (Fsp3) is 0.615. The number of esters is 1. The van der Waals surface area contributed by atoms with Crippen LogP contribution in [0, 0.1) is 6.92 Å². The predicted octanol–water partition coefficient (Wildman–Crippen LogP) is 1.33. The molecule has 1 aromatic heterocycles. The van der Waals surface area contributed by atoms with Crippen molar-refractivity contribution in [3.05, 3.63) is 23.2 Å². The molecule has 1 aliphatic rings. The summed E-state index contributed by atoms with van der Waals surface area (Å²) in [6, 6.07) is 2.28. The molecule has 100 valence electrons. The molecule has 5 heteroatoms. The molecule has 0 amide bonds. The molecular weight excluding hydrogens is 234 g/mol. The van der Waals surface area contributed by atoms with Gasteiger partial charge in [0.2, 0.25) is 0 Å². The predicted molar refractivity (Wildman–Crippen MR) is 65.3 cm³/mol. The lowest BCUT2D eigenvalue weighted by Crippen LogP contribution is -2.28. The Morgan fingerprint density at radius 3 is 2.89 bits per heavy atom. The van der Waals surface area contributed by atoms with Gasteiger partial charge in [-0.05, 0) is 25.8 Å². The minimum absolute atomic E-state index is 0.139. The molecule has 1 saturated carbocycles. The van der Waals surface area contributed by atoms with Crippen molar-refractivity contribution in [2.45, 2.75) is 32.4 Å². The largest absolute Gasteiger partial charge is 0.465 e. The van der Waals surface area contributed by atoms with Gasteiger partial charge in [-0.25, -0.2) is 4.79 Å². The van der Waals surface area contributed by atoms with E-state index in [4.69, 9.17) is 14.3 Å². The van der Waals surface area contributed by atoms with E-state index in [0.717, 1.165) is 5.76 Å². The molecule has 0 unspecified atom stereocenters. The molecule has 1 aliphatic carbocycles. The summed E-state index contributed by atoms with van der Waals surface area (Å²) in [5.74, 6) is 0.951. The molecule has 1 fully saturated rings. The number of aryl methyl sites for hydroxylation is 1. The number of rotatable bonds is 6. The molecule has 2 rings (SSSR count). The van der Waals surface area contributed by atoms with Gasteiger partial charge in [0.15, 0.2) is 0 Å². The molecule has 1 N–H and O–H groups in total. The lowest BCUT2D eigenvalue weighted by atomic mass is 10.2. The minimum Gasteiger partial charge on any atom is -0.465 e. The lowest BCUT2D eigenvalue weighted by molar-refractivity contribution is 0.0599. The summed E-state index contributed by atoms with van der Waals surface area (Å²) in [6.07, 6.45) is 2.34. The van der Waals surface area contributed by atoms with E-state index in [-0.39, 0.29) is 12.6 Å². The van der Waals surface area contributed by atoms with Gasteiger partial charge in [0.25, 0.3) is 0 Å². The number of hydrogen-bond donors (Lipinski definition) is 1. The van der Waals surface area contributed by atoms with Crippen LogP contribution in [-0.4, -0.2) is 42.3 Å². The molecule has 0 atom stereocenters. The lowest BCUT2D eigenvalue weighted by Gasteiger charge is -2.18. The van der Waals surface area contributed by atoms with Crippen molar-refractivity contribution in [3.8, 4) is 0 Å². The maximum atomic E-state index is 11.5. The minimum atomic E-state index is -0.373. The van der Waals surface area contributed by atoms with Crippen LogP contribution in [0.4, 0.5) is 0 Å². The maximum Gasteiger partial charge on any atom is 0.341 e. The van der Waals surface area contributed by atoms with Crippen LogP contribution in [0.2, 0.25) is 0 Å². The summed E-state index contributed by atoms with van der Waals surface area (Å²) in [6.45, 7) is 3.16. The van der Waals surface area contributed by atoms with E-state index in [2.05, 4.69) is 4.90 Å². The Hall–Kier alpha value is -1.33. The van der Waals surface area contributed by atoms with Crippen LogP contribution in [0.1, 0.15) is 34.7 Å². The van der Waals surface area contributed by atoms with Gasteiger partial charge in [-0.15, -0.1) is 0 Å². The molecule has 0 bridgehead atoms. The van der Waals surface area contributed by atoms with E-state index in [9.17, 15) is 4.79 Å². The third kappa shape index (κ3) is 2.91. The fourth-order valence-electron chi connectivity index (χ4n) is 2.09. The smallest absolute Gasteiger partial charge is 0.341 e. The van der Waals surface area contributed by atoms with E-state index in [1.807, 2.05) is 0 Å². The van der Waals surface area contributed by atoms with Crippen molar-refractivity contribution in [3.63, 3.8) is 0 Å². The normalized spacial score (nSPS) is 15.1. The number of hydrogen-bond acceptors (Lipinski definition) is 5. The Labute approximate surface area is 106 Å². The molecule has 0 aliphatic heterocycles. The van der Waals surface area contributed by atoms with E-state index < -0.39 is 0 Å². The summed E-state index contributed by atoms with van der Waals surface area (Å²) < 4.78 is 10.3. The first-order valence-corrected chi connectivity index (χ1v) is 6.18. The van der Waals surface area contributed by atoms with Crippen LogP contribution in [0.5, 0.6) is 0 Å². The Balaban J connectivity index is 2.06. The molecule has 18 heavy (non-hydrogen) atoms. The SMILES string of the molecule is COC(=O)c1cc(CN(CCO)C2CC2)oc1C. The van der Waals surface area contributed by atoms with Crippen LogP contribution in [0.3, 0.4) is 0 Å². The number of ether oxygens (including phenoxy) is 1. The summed E-state index contributed by atoms with van der Waals surface area (Å²) in [5.41, 5.74) is 0.479. The number of aliphatic hydroxyl groups is 1. The molecule has 5 nitrogen and oxygen atoms in total. The zero-order valence-electron chi connectivity index (χ0n) is 10.8. The second kappa shape index (κ2) is 5.54. The summed E-state index contributed by atoms with van der Waals surface area (Å²) in [4.78, 5) is 13.6. The van der Waals surface area contributed by atoms with Crippen molar-refractivity contribution in [1.82, 2.24) is 4.90 Å². The fourth-order valence-corrected chi connectivity index (χ4v) is 2.09. The number of carbonyl (C=O) groups excluding carboxylic acids is 1. The highest BCUT2D eigenvalue weighted by Crippen LogP contribution is 2.28. The molecule has 0 saturated heterocycles. The van der Waals surface area contributed by atoms with Crippen LogP contribution in [0.15, 0.2) is 10.5 Å². The van der Waals surface area contributed by atoms with E-state index >= 15 is 0 Å². The van der Waals surface area contributed by atoms with Gasteiger partial charge in [-0.2, -0.15) is 0 Å². The van der Waals surface area contributed by atoms with Crippen molar-refractivity contribution >= 4 is 5.97 Å². The topological polar surface area (TPSA) is 62.9 Å². The number of nitrogens with zero attached hydrogens (tertiary/aromatic N) is 1. The number of aliphatic hydroxyl groups excluding tert-OH is 1. The molecule has 0 spiro atoms. The highest BCUT2D eigenvalue weighted by atomic mass is 16.5. The summed E-state index contributed by atoms with van der Waals surface area (Å²) in [7, 11) is 1.36. The van der Waals surface area contributed by atoms with Gasteiger partial charge >= 0.3 is 5.97 Å². The van der Waals surface area contributed by atoms with Gasteiger partial charge in [-0.3, -0.25) is 4.90 Å². The number of furan rings is 1. The summed E-state index contributed by atoms with van der Waals surface area (Å²) in [5, 5.41) is 9.03. The highest BCUT2D eigenvalue weighted by Gasteiger charge is 2.29. The van der Waals surface area contributed by atoms with E-state index in [0.29, 0.717) is 30.5 Å². The first-order valence-electron chi connectivity index (χ1n) is 6.18. The van der Waals surface area contributed by atoms with Crippen molar-refractivity contribution in [2.24, 2.45) is 0 Å². The molecule has 0 radical (unpaired) electrons. The van der Waals surface area contributed by atoms with Gasteiger partial charge < -0.3 is 14.3 Å². The molecule has 1 aromatic rings. The third-order valence-electron chi connectivity index (χ3n) is 3.18. The second-order valence-corrected chi connectivity index (χ2v) is 4.60. The van der Waals surface area contributed by atoms with Gasteiger partial charge in [0, 0.05) is 12.6 Å². The van der Waals surface area contributed by atoms with E-state index in [1.165, 1.54) is 20.0 Å². The second-order valence-electron chi connectivity index (χ2n) is 4.60. The van der Waals surface area contributed by atoms with Crippen molar-refractivity contribution in [2.75, 3.05) is 20.3 Å². The standard InChI is InChI=1S/C13H19NO4/c1-9-12(13(16)17-2)7-11(18-9)8-14(5-6-15)10-3-4-10/h7,10,15H,3-6,8H2,1-2H3. The van der Waals surface area contributed by atoms with Crippen molar-refractivity contribution < 1.29 is 19.1 Å². The first-order chi connectivity index (χ1) is 8.65. The average molecular weight is 253 g/mol. The zero-order valence-corrected chi connectivity index (χ0v) is 10.8. The van der Waals surface area contributed by atoms with Gasteiger partial charge in [-0.1, -0.05) is 0 Å². The van der Waals surface area contributed by atoms with Gasteiger partial charge in [0.05, 0.1) is 20.3 Å². The number of carbonyl (C=O) groups is 1. The molecule has 0 aromatic carbocycles. The van der Waals surface area contributed by atoms with E-state index in [1.54, 1.807) is 13.0 Å². The van der Waals surface area contributed by atoms with Crippen LogP contribution < -0.4 is 0 Å². The zero-order chi connectivity index (χ0) is 13.1. The Kier molecular flexibility index (Phi) is 4.04. The Bertz CT molecular complexity index is 423. The summed E-state index contributed by atoms with van der Waals surface area (Å²) >= 11 is 0. The van der Waals surface area contributed by atoms with Gasteiger partial charge in [0.1, 0.15) is 17.1 Å². The number of methoxy groups -OCH3 is 1. The van der Waals surface area contributed by atoms with Crippen LogP contribution >= 0.6 is 0 Å². The molecule has 1 heterocycles. The van der Waals surface area contributed by atoms with Crippen molar-refractivity contribution in [1.29, 1.82) is 0 Å². The Morgan fingerprint density at radius 1 is 1.61 bits per heavy atom. The maximum absolute atomic E-state index is 11.5. The van der Waals surface area contributed by atoms with Crippen LogP contribution in [0.25, 0.3) is 0 Å². The third-order valence-corrected chi connectivity index (χ3v) is 3.18. The van der Waals surface area contributed by atoms with Crippen LogP contribution in [-0.2, 0) is 11.3 Å². The average Bonchev–Trinajstić information content (AvgIpc) is 3.13. The highest BCUT2D eigenvalue weighted by molar-refractivity contribution is 5.90. The molecular formula is C13H19NO4.